The maximum absolute atomic E-state index is 14.9. The fourth-order valence-electron chi connectivity index (χ4n) is 5.27. The summed E-state index contributed by atoms with van der Waals surface area (Å²) in [6.45, 7) is 5.26. The molecule has 2 aromatic carbocycles. The highest BCUT2D eigenvalue weighted by molar-refractivity contribution is 7.90. The minimum Gasteiger partial charge on any atom is -0.507 e. The van der Waals surface area contributed by atoms with Crippen LogP contribution in [0.5, 0.6) is 11.5 Å². The minimum atomic E-state index is -4.17. The number of aliphatic hydroxyl groups is 1. The Hall–Kier alpha value is -4.59. The van der Waals surface area contributed by atoms with Gasteiger partial charge in [0.15, 0.2) is 11.6 Å². The van der Waals surface area contributed by atoms with Crippen LogP contribution in [0.2, 0.25) is 0 Å². The van der Waals surface area contributed by atoms with Crippen LogP contribution in [0.15, 0.2) is 71.9 Å². The molecule has 0 bridgehead atoms. The normalized spacial score (nSPS) is 14.3. The molecule has 4 heterocycles. The Morgan fingerprint density at radius 2 is 1.76 bits per heavy atom. The zero-order valence-corrected chi connectivity index (χ0v) is 25.7. The number of phenolic OH excluding ortho intramolecular Hbond substituents is 1. The largest absolute Gasteiger partial charge is 0.507 e. The van der Waals surface area contributed by atoms with Gasteiger partial charge in [-0.2, -0.15) is 17.6 Å². The lowest BCUT2D eigenvalue weighted by Gasteiger charge is -2.34. The Kier molecular flexibility index (Phi) is 8.40. The molecule has 11 nitrogen and oxygen atoms in total. The first-order valence-electron chi connectivity index (χ1n) is 14.5. The molecule has 0 saturated carbocycles. The van der Waals surface area contributed by atoms with E-state index in [2.05, 4.69) is 26.9 Å². The Morgan fingerprint density at radius 3 is 2.47 bits per heavy atom. The van der Waals surface area contributed by atoms with Crippen molar-refractivity contribution >= 4 is 26.7 Å². The Bertz CT molecular complexity index is 1940. The number of hydrogen-bond acceptors (Lipinski definition) is 10. The number of halogens is 1. The molecule has 3 aromatic heterocycles. The van der Waals surface area contributed by atoms with Gasteiger partial charge >= 0.3 is 0 Å². The molecule has 6 rings (SSSR count). The molecule has 0 atom stereocenters. The predicted molar refractivity (Wildman–Crippen MR) is 168 cm³/mol. The summed E-state index contributed by atoms with van der Waals surface area (Å²) in [5.41, 5.74) is 1.77. The van der Waals surface area contributed by atoms with Crippen LogP contribution in [0, 0.1) is 12.7 Å². The van der Waals surface area contributed by atoms with Crippen molar-refractivity contribution in [3.63, 3.8) is 0 Å². The lowest BCUT2D eigenvalue weighted by molar-refractivity contribution is 0.233. The zero-order chi connectivity index (χ0) is 31.7. The molecular weight excluding hydrogens is 599 g/mol. The number of aromatic hydroxyl groups is 1. The molecule has 0 spiro atoms. The van der Waals surface area contributed by atoms with E-state index < -0.39 is 15.8 Å². The van der Waals surface area contributed by atoms with E-state index in [1.54, 1.807) is 24.4 Å². The number of phenols is 1. The Labute approximate surface area is 260 Å². The molecule has 0 aliphatic carbocycles. The van der Waals surface area contributed by atoms with Crippen LogP contribution in [0.25, 0.3) is 33.4 Å². The molecule has 1 aliphatic rings. The third-order valence-electron chi connectivity index (χ3n) is 7.80. The molecule has 13 heteroatoms. The molecule has 5 aromatic rings. The highest BCUT2D eigenvalue weighted by Crippen LogP contribution is 2.38. The number of benzene rings is 2. The second kappa shape index (κ2) is 12.4. The number of fused-ring (bicyclic) bond motifs is 1. The van der Waals surface area contributed by atoms with E-state index in [0.29, 0.717) is 28.9 Å². The van der Waals surface area contributed by atoms with Crippen LogP contribution in [-0.2, 0) is 10.0 Å². The molecule has 0 amide bonds. The number of aliphatic hydroxyl groups excluding tert-OH is 1. The van der Waals surface area contributed by atoms with Crippen molar-refractivity contribution in [3.05, 3.63) is 78.4 Å². The summed E-state index contributed by atoms with van der Waals surface area (Å²) >= 11 is 0. The van der Waals surface area contributed by atoms with Crippen molar-refractivity contribution in [2.75, 3.05) is 51.3 Å². The van der Waals surface area contributed by atoms with E-state index in [9.17, 15) is 23.0 Å². The van der Waals surface area contributed by atoms with Gasteiger partial charge < -0.3 is 24.7 Å². The average Bonchev–Trinajstić information content (AvgIpc) is 3.42. The van der Waals surface area contributed by atoms with Gasteiger partial charge in [-0.15, -0.1) is 0 Å². The monoisotopic (exact) mass is 632 g/mol. The smallest absolute Gasteiger partial charge is 0.283 e. The van der Waals surface area contributed by atoms with Gasteiger partial charge in [-0.1, -0.05) is 23.8 Å². The fraction of sp³-hybridized carbons (Fsp3) is 0.281. The third kappa shape index (κ3) is 5.93. The Morgan fingerprint density at radius 1 is 1.00 bits per heavy atom. The van der Waals surface area contributed by atoms with Gasteiger partial charge in [-0.05, 0) is 50.4 Å². The molecule has 0 radical (unpaired) electrons. The van der Waals surface area contributed by atoms with Crippen molar-refractivity contribution in [2.45, 2.75) is 18.2 Å². The number of aryl methyl sites for hydroxylation is 1. The molecule has 234 valence electrons. The van der Waals surface area contributed by atoms with E-state index >= 15 is 0 Å². The number of rotatable bonds is 9. The Balaban J connectivity index is 1.54. The third-order valence-corrected chi connectivity index (χ3v) is 9.40. The second-order valence-electron chi connectivity index (χ2n) is 11.0. The van der Waals surface area contributed by atoms with Gasteiger partial charge in [0.2, 0.25) is 0 Å². The van der Waals surface area contributed by atoms with E-state index in [1.165, 1.54) is 42.6 Å². The summed E-state index contributed by atoms with van der Waals surface area (Å²) < 4.78 is 49.7. The van der Waals surface area contributed by atoms with Gasteiger partial charge in [0.25, 0.3) is 10.0 Å². The summed E-state index contributed by atoms with van der Waals surface area (Å²) in [4.78, 5) is 13.5. The van der Waals surface area contributed by atoms with Crippen LogP contribution >= 0.6 is 0 Å². The van der Waals surface area contributed by atoms with Crippen molar-refractivity contribution < 1.29 is 27.8 Å². The molecule has 1 fully saturated rings. The van der Waals surface area contributed by atoms with E-state index in [4.69, 9.17) is 9.72 Å². The first-order chi connectivity index (χ1) is 21.7. The number of hydrogen-bond donors (Lipinski definition) is 2. The first-order valence-corrected chi connectivity index (χ1v) is 16.0. The maximum atomic E-state index is 14.9. The summed E-state index contributed by atoms with van der Waals surface area (Å²) in [6, 6.07) is 13.6. The van der Waals surface area contributed by atoms with Crippen LogP contribution in [0.1, 0.15) is 12.0 Å². The second-order valence-corrected chi connectivity index (χ2v) is 12.8. The van der Waals surface area contributed by atoms with Gasteiger partial charge in [0.05, 0.1) is 29.0 Å². The van der Waals surface area contributed by atoms with Crippen molar-refractivity contribution in [3.8, 4) is 34.0 Å². The number of nitrogens with zero attached hydrogens (tertiary/aromatic N) is 6. The minimum absolute atomic E-state index is 0.0384. The highest BCUT2D eigenvalue weighted by atomic mass is 32.2. The number of aromatic nitrogens is 4. The van der Waals surface area contributed by atoms with Gasteiger partial charge in [-0.3, -0.25) is 4.98 Å². The van der Waals surface area contributed by atoms with E-state index in [0.717, 1.165) is 35.8 Å². The van der Waals surface area contributed by atoms with Crippen LogP contribution < -0.4 is 9.64 Å². The standard InChI is InChI=1S/C32H33FN6O5S/c1-21-7-9-23(10-8-21)45(42,43)39-27-20-34-26(30-25(33)5-3-6-28(30)41)18-24(27)31(36-39)22-17-29(44-16-4-15-40)32(35-19-22)38-13-11-37(2)12-14-38/h3,5-10,17-20,40-41H,4,11-16H2,1-2H3. The molecule has 1 aliphatic heterocycles. The number of anilines is 1. The quantitative estimate of drug-likeness (QED) is 0.229. The fourth-order valence-corrected chi connectivity index (χ4v) is 6.55. The lowest BCUT2D eigenvalue weighted by Crippen LogP contribution is -2.45. The number of pyridine rings is 2. The van der Waals surface area contributed by atoms with Crippen molar-refractivity contribution in [1.82, 2.24) is 24.1 Å². The van der Waals surface area contributed by atoms with Crippen LogP contribution in [0.4, 0.5) is 10.2 Å². The molecule has 45 heavy (non-hydrogen) atoms. The number of likely N-dealkylation sites (N-methyl/N-ethyl adjacent to an activating group) is 1. The predicted octanol–water partition coefficient (Wildman–Crippen LogP) is 4.06. The average molecular weight is 633 g/mol. The summed E-state index contributed by atoms with van der Waals surface area (Å²) in [5.74, 6) is 0.122. The van der Waals surface area contributed by atoms with Crippen LogP contribution in [-0.4, -0.2) is 89.1 Å². The van der Waals surface area contributed by atoms with E-state index in [1.807, 2.05) is 6.92 Å². The van der Waals surface area contributed by atoms with Gasteiger partial charge in [0.1, 0.15) is 22.8 Å². The molecular formula is C32H33FN6O5S. The SMILES string of the molecule is Cc1ccc(S(=O)(=O)n2nc(-c3cnc(N4CCN(C)CC4)c(OCCCO)c3)c3cc(-c4c(O)cccc4F)ncc32)cc1. The summed E-state index contributed by atoms with van der Waals surface area (Å²) in [6.07, 6.45) is 3.33. The molecule has 2 N–H and O–H groups in total. The van der Waals surface area contributed by atoms with Gasteiger partial charge in [0, 0.05) is 56.4 Å². The van der Waals surface area contributed by atoms with Crippen molar-refractivity contribution in [1.29, 1.82) is 0 Å². The lowest BCUT2D eigenvalue weighted by atomic mass is 10.1. The topological polar surface area (TPSA) is 134 Å². The maximum Gasteiger partial charge on any atom is 0.283 e. The number of piperazine rings is 1. The van der Waals surface area contributed by atoms with Crippen molar-refractivity contribution in [2.24, 2.45) is 0 Å². The molecule has 1 saturated heterocycles. The number of ether oxygens (including phenoxy) is 1. The molecule has 0 unspecified atom stereocenters. The summed E-state index contributed by atoms with van der Waals surface area (Å²) in [5, 5.41) is 24.8. The van der Waals surface area contributed by atoms with E-state index in [-0.39, 0.29) is 46.3 Å². The van der Waals surface area contributed by atoms with Crippen LogP contribution in [0.3, 0.4) is 0 Å². The highest BCUT2D eigenvalue weighted by Gasteiger charge is 2.27. The van der Waals surface area contributed by atoms with Gasteiger partial charge in [-0.25, -0.2) is 9.37 Å². The first kappa shape index (κ1) is 30.4. The zero-order valence-electron chi connectivity index (χ0n) is 24.9. The summed E-state index contributed by atoms with van der Waals surface area (Å²) in [7, 11) is -2.11.